The molecule has 2 aromatic heterocycles. The van der Waals surface area contributed by atoms with Crippen LogP contribution in [-0.4, -0.2) is 10.9 Å². The van der Waals surface area contributed by atoms with Gasteiger partial charge in [0.15, 0.2) is 5.13 Å². The van der Waals surface area contributed by atoms with Crippen LogP contribution in [0.3, 0.4) is 0 Å². The van der Waals surface area contributed by atoms with Gasteiger partial charge in [0.2, 0.25) is 5.91 Å². The number of furan rings is 1. The van der Waals surface area contributed by atoms with E-state index in [-0.39, 0.29) is 24.7 Å². The van der Waals surface area contributed by atoms with Crippen molar-refractivity contribution < 1.29 is 13.6 Å². The van der Waals surface area contributed by atoms with E-state index in [1.165, 1.54) is 29.0 Å². The van der Waals surface area contributed by atoms with E-state index in [4.69, 9.17) is 4.42 Å². The maximum Gasteiger partial charge on any atom is 0.233 e. The third kappa shape index (κ3) is 3.82. The number of hydrogen-bond acceptors (Lipinski definition) is 4. The van der Waals surface area contributed by atoms with E-state index in [1.807, 2.05) is 38.1 Å². The fourth-order valence-corrected chi connectivity index (χ4v) is 4.01. The molecule has 0 radical (unpaired) electrons. The highest BCUT2D eigenvalue weighted by atomic mass is 32.1. The maximum absolute atomic E-state index is 13.6. The van der Waals surface area contributed by atoms with Gasteiger partial charge in [0.1, 0.15) is 11.6 Å². The number of carbonyl (C=O) groups is 1. The summed E-state index contributed by atoms with van der Waals surface area (Å²) in [6.07, 6.45) is 1.83. The van der Waals surface area contributed by atoms with Crippen LogP contribution in [0, 0.1) is 19.7 Å². The molecule has 4 nitrogen and oxygen atoms in total. The second-order valence-electron chi connectivity index (χ2n) is 6.76. The molecule has 0 N–H and O–H groups in total. The van der Waals surface area contributed by atoms with Gasteiger partial charge in [0.25, 0.3) is 0 Å². The molecule has 0 atom stereocenters. The summed E-state index contributed by atoms with van der Waals surface area (Å²) in [5.41, 5.74) is 3.96. The van der Waals surface area contributed by atoms with Gasteiger partial charge in [-0.15, -0.1) is 0 Å². The average Bonchev–Trinajstić information content (AvgIpc) is 3.31. The molecule has 0 saturated heterocycles. The molecule has 0 fully saturated rings. The normalized spacial score (nSPS) is 11.1. The van der Waals surface area contributed by atoms with Crippen LogP contribution in [0.1, 0.15) is 22.5 Å². The zero-order chi connectivity index (χ0) is 19.7. The molecule has 0 saturated carbocycles. The Morgan fingerprint density at radius 1 is 1.14 bits per heavy atom. The second kappa shape index (κ2) is 7.56. The number of aromatic nitrogens is 1. The summed E-state index contributed by atoms with van der Waals surface area (Å²) in [7, 11) is 0. The summed E-state index contributed by atoms with van der Waals surface area (Å²) >= 11 is 1.30. The van der Waals surface area contributed by atoms with Crippen LogP contribution in [-0.2, 0) is 17.8 Å². The van der Waals surface area contributed by atoms with Crippen LogP contribution >= 0.6 is 11.3 Å². The van der Waals surface area contributed by atoms with Crippen LogP contribution in [0.15, 0.2) is 59.2 Å². The first-order chi connectivity index (χ1) is 13.5. The number of hydrogen-bond donors (Lipinski definition) is 0. The monoisotopic (exact) mass is 394 g/mol. The first-order valence-corrected chi connectivity index (χ1v) is 9.76. The van der Waals surface area contributed by atoms with E-state index in [9.17, 15) is 9.18 Å². The number of rotatable bonds is 5. The molecule has 2 heterocycles. The Morgan fingerprint density at radius 2 is 2.00 bits per heavy atom. The Morgan fingerprint density at radius 3 is 2.75 bits per heavy atom. The van der Waals surface area contributed by atoms with Crippen LogP contribution < -0.4 is 4.90 Å². The summed E-state index contributed by atoms with van der Waals surface area (Å²) in [5.74, 6) is 0.264. The van der Waals surface area contributed by atoms with Crippen LogP contribution in [0.5, 0.6) is 0 Å². The fraction of sp³-hybridized carbons (Fsp3) is 0.182. The molecule has 142 valence electrons. The van der Waals surface area contributed by atoms with E-state index >= 15 is 0 Å². The summed E-state index contributed by atoms with van der Waals surface area (Å²) in [6.45, 7) is 4.36. The van der Waals surface area contributed by atoms with Gasteiger partial charge in [-0.3, -0.25) is 9.69 Å². The molecule has 0 aliphatic heterocycles. The van der Waals surface area contributed by atoms with Crippen molar-refractivity contribution in [2.24, 2.45) is 0 Å². The minimum absolute atomic E-state index is 0.0841. The largest absolute Gasteiger partial charge is 0.467 e. The van der Waals surface area contributed by atoms with Crippen LogP contribution in [0.2, 0.25) is 0 Å². The second-order valence-corrected chi connectivity index (χ2v) is 7.77. The molecule has 0 unspecified atom stereocenters. The van der Waals surface area contributed by atoms with Gasteiger partial charge >= 0.3 is 0 Å². The molecule has 0 aliphatic rings. The third-order valence-corrected chi connectivity index (χ3v) is 5.73. The zero-order valence-corrected chi connectivity index (χ0v) is 16.4. The minimum atomic E-state index is -0.318. The lowest BCUT2D eigenvalue weighted by Gasteiger charge is -2.19. The van der Waals surface area contributed by atoms with Crippen LogP contribution in [0.4, 0.5) is 9.52 Å². The maximum atomic E-state index is 13.6. The van der Waals surface area contributed by atoms with Gasteiger partial charge in [-0.1, -0.05) is 29.5 Å². The molecule has 1 amide bonds. The van der Waals surface area contributed by atoms with Crippen molar-refractivity contribution in [1.82, 2.24) is 4.98 Å². The Bertz CT molecular complexity index is 1130. The van der Waals surface area contributed by atoms with E-state index < -0.39 is 0 Å². The summed E-state index contributed by atoms with van der Waals surface area (Å²) in [4.78, 5) is 19.3. The minimum Gasteiger partial charge on any atom is -0.467 e. The van der Waals surface area contributed by atoms with Crippen molar-refractivity contribution in [1.29, 1.82) is 0 Å². The van der Waals surface area contributed by atoms with Gasteiger partial charge in [0.05, 0.1) is 29.4 Å². The Balaban J connectivity index is 1.67. The number of anilines is 1. The molecular formula is C22H19FN2O2S. The Kier molecular flexibility index (Phi) is 4.96. The predicted molar refractivity (Wildman–Crippen MR) is 109 cm³/mol. The smallest absolute Gasteiger partial charge is 0.233 e. The lowest BCUT2D eigenvalue weighted by Crippen LogP contribution is -2.31. The summed E-state index contributed by atoms with van der Waals surface area (Å²) in [6, 6.07) is 14.1. The number of nitrogens with zero attached hydrogens (tertiary/aromatic N) is 2. The van der Waals surface area contributed by atoms with E-state index in [2.05, 4.69) is 4.98 Å². The van der Waals surface area contributed by atoms with E-state index in [1.54, 1.807) is 23.3 Å². The Labute approximate surface area is 166 Å². The fourth-order valence-electron chi connectivity index (χ4n) is 3.01. The number of benzene rings is 2. The van der Waals surface area contributed by atoms with Crippen molar-refractivity contribution in [3.05, 3.63) is 83.1 Å². The zero-order valence-electron chi connectivity index (χ0n) is 15.6. The topological polar surface area (TPSA) is 46.3 Å². The standard InChI is InChI=1S/C22H19FN2O2S/c1-14-5-6-16(10-15(14)2)11-21(26)25(13-18-4-3-9-27-18)22-24-19-8-7-17(23)12-20(19)28-22/h3-10,12H,11,13H2,1-2H3. The van der Waals surface area contributed by atoms with Crippen LogP contribution in [0.25, 0.3) is 10.2 Å². The number of fused-ring (bicyclic) bond motifs is 1. The summed E-state index contributed by atoms with van der Waals surface area (Å²) in [5, 5.41) is 0.533. The lowest BCUT2D eigenvalue weighted by atomic mass is 10.0. The number of carbonyl (C=O) groups excluding carboxylic acids is 1. The molecular weight excluding hydrogens is 375 g/mol. The highest BCUT2D eigenvalue weighted by Gasteiger charge is 2.22. The molecule has 28 heavy (non-hydrogen) atoms. The predicted octanol–water partition coefficient (Wildman–Crippen LogP) is 5.42. The average molecular weight is 394 g/mol. The molecule has 0 bridgehead atoms. The van der Waals surface area contributed by atoms with Gasteiger partial charge < -0.3 is 4.42 Å². The highest BCUT2D eigenvalue weighted by Crippen LogP contribution is 2.31. The van der Waals surface area contributed by atoms with Crippen molar-refractivity contribution in [3.8, 4) is 0 Å². The van der Waals surface area contributed by atoms with E-state index in [0.717, 1.165) is 11.1 Å². The molecule has 4 aromatic rings. The number of aryl methyl sites for hydroxylation is 2. The number of thiazole rings is 1. The number of amides is 1. The quantitative estimate of drug-likeness (QED) is 0.454. The molecule has 0 aliphatic carbocycles. The molecule has 0 spiro atoms. The number of halogens is 1. The first kappa shape index (κ1) is 18.4. The first-order valence-electron chi connectivity index (χ1n) is 8.94. The van der Waals surface area contributed by atoms with Crippen molar-refractivity contribution in [2.75, 3.05) is 4.90 Å². The SMILES string of the molecule is Cc1ccc(CC(=O)N(Cc2ccco2)c2nc3ccc(F)cc3s2)cc1C. The van der Waals surface area contributed by atoms with Gasteiger partial charge in [-0.25, -0.2) is 9.37 Å². The third-order valence-electron chi connectivity index (χ3n) is 4.69. The van der Waals surface area contributed by atoms with Crippen molar-refractivity contribution in [2.45, 2.75) is 26.8 Å². The lowest BCUT2D eigenvalue weighted by molar-refractivity contribution is -0.118. The van der Waals surface area contributed by atoms with Gasteiger partial charge in [-0.05, 0) is 60.9 Å². The summed E-state index contributed by atoms with van der Waals surface area (Å²) < 4.78 is 19.7. The van der Waals surface area contributed by atoms with Crippen molar-refractivity contribution >= 4 is 32.6 Å². The molecule has 6 heteroatoms. The van der Waals surface area contributed by atoms with Gasteiger partial charge in [0, 0.05) is 0 Å². The molecule has 2 aromatic carbocycles. The highest BCUT2D eigenvalue weighted by molar-refractivity contribution is 7.22. The van der Waals surface area contributed by atoms with E-state index in [0.29, 0.717) is 21.1 Å². The Hall–Kier alpha value is -2.99. The van der Waals surface area contributed by atoms with Crippen molar-refractivity contribution in [3.63, 3.8) is 0 Å². The van der Waals surface area contributed by atoms with Gasteiger partial charge in [-0.2, -0.15) is 0 Å². The molecule has 4 rings (SSSR count).